The van der Waals surface area contributed by atoms with Crippen molar-refractivity contribution in [2.24, 2.45) is 35.0 Å². The standard InChI is InChI=1S/C21H28F2N2O6S/c22-21(23,19(28)24-11-20-8-12-5-13(9-20)7-14(6-12)10-20)32(29,30)31-25-17(26)15-3-1-2-4-16(15)18(25)27/h12-16H,1-11H2,(H,24,28). The number of carbonyl (C=O) groups is 3. The molecule has 178 valence electrons. The van der Waals surface area contributed by atoms with Crippen molar-refractivity contribution in [3.05, 3.63) is 0 Å². The van der Waals surface area contributed by atoms with E-state index in [9.17, 15) is 31.6 Å². The molecule has 4 bridgehead atoms. The van der Waals surface area contributed by atoms with Gasteiger partial charge >= 0.3 is 21.3 Å². The van der Waals surface area contributed by atoms with Gasteiger partial charge in [-0.25, -0.2) is 0 Å². The van der Waals surface area contributed by atoms with Crippen LogP contribution in [0, 0.1) is 35.0 Å². The van der Waals surface area contributed by atoms with E-state index in [1.807, 2.05) is 0 Å². The molecule has 6 aliphatic rings. The zero-order valence-corrected chi connectivity index (χ0v) is 18.5. The van der Waals surface area contributed by atoms with Gasteiger partial charge in [0.05, 0.1) is 11.8 Å². The maximum atomic E-state index is 14.7. The van der Waals surface area contributed by atoms with E-state index < -0.39 is 44.9 Å². The topological polar surface area (TPSA) is 110 Å². The average Bonchev–Trinajstić information content (AvgIpc) is 2.96. The largest absolute Gasteiger partial charge is 0.448 e. The second kappa shape index (κ2) is 7.44. The van der Waals surface area contributed by atoms with Crippen LogP contribution in [0.5, 0.6) is 0 Å². The lowest BCUT2D eigenvalue weighted by Gasteiger charge is -2.56. The molecule has 6 fully saturated rings. The predicted octanol–water partition coefficient (Wildman–Crippen LogP) is 2.35. The summed E-state index contributed by atoms with van der Waals surface area (Å²) in [6, 6.07) is 0. The number of imide groups is 1. The number of hydrogen-bond donors (Lipinski definition) is 1. The Morgan fingerprint density at radius 3 is 1.94 bits per heavy atom. The molecule has 1 saturated heterocycles. The fourth-order valence-corrected chi connectivity index (χ4v) is 8.08. The first-order valence-corrected chi connectivity index (χ1v) is 12.9. The number of halogens is 2. The molecule has 3 amide bonds. The van der Waals surface area contributed by atoms with E-state index >= 15 is 0 Å². The monoisotopic (exact) mass is 474 g/mol. The Labute approximate surface area is 185 Å². The maximum Gasteiger partial charge on any atom is 0.448 e. The number of amides is 3. The molecule has 11 heteroatoms. The van der Waals surface area contributed by atoms with Crippen LogP contribution in [-0.4, -0.2) is 43.0 Å². The van der Waals surface area contributed by atoms with Crippen molar-refractivity contribution in [3.8, 4) is 0 Å². The van der Waals surface area contributed by atoms with Crippen LogP contribution in [0.1, 0.15) is 64.2 Å². The number of rotatable bonds is 6. The minimum Gasteiger partial charge on any atom is -0.349 e. The smallest absolute Gasteiger partial charge is 0.349 e. The van der Waals surface area contributed by atoms with Crippen molar-refractivity contribution in [2.75, 3.05) is 6.54 Å². The Morgan fingerprint density at radius 2 is 1.47 bits per heavy atom. The summed E-state index contributed by atoms with van der Waals surface area (Å²) >= 11 is 0. The SMILES string of the molecule is O=C1C2CCCCC2C(=O)N1OS(=O)(=O)C(F)(F)C(=O)NCC12CC3CC(CC(C3)C1)C2. The predicted molar refractivity (Wildman–Crippen MR) is 106 cm³/mol. The summed E-state index contributed by atoms with van der Waals surface area (Å²) in [5.74, 6) is -3.75. The van der Waals surface area contributed by atoms with Crippen molar-refractivity contribution < 1.29 is 35.9 Å². The molecule has 1 N–H and O–H groups in total. The Bertz CT molecular complexity index is 893. The number of nitrogens with zero attached hydrogens (tertiary/aromatic N) is 1. The summed E-state index contributed by atoms with van der Waals surface area (Å²) in [7, 11) is -5.89. The highest BCUT2D eigenvalue weighted by Crippen LogP contribution is 2.59. The number of alkyl halides is 2. The van der Waals surface area contributed by atoms with Crippen molar-refractivity contribution >= 4 is 27.8 Å². The van der Waals surface area contributed by atoms with Gasteiger partial charge < -0.3 is 5.32 Å². The van der Waals surface area contributed by atoms with Crippen LogP contribution >= 0.6 is 0 Å². The summed E-state index contributed by atoms with van der Waals surface area (Å²) < 4.78 is 58.2. The Morgan fingerprint density at radius 1 is 1.00 bits per heavy atom. The van der Waals surface area contributed by atoms with Gasteiger partial charge in [0.15, 0.2) is 0 Å². The van der Waals surface area contributed by atoms with Gasteiger partial charge in [0, 0.05) is 6.54 Å². The molecule has 0 aromatic carbocycles. The lowest BCUT2D eigenvalue weighted by Crippen LogP contribution is -2.55. The highest BCUT2D eigenvalue weighted by atomic mass is 32.2. The van der Waals surface area contributed by atoms with E-state index in [-0.39, 0.29) is 17.0 Å². The molecule has 32 heavy (non-hydrogen) atoms. The number of hydrogen-bond acceptors (Lipinski definition) is 6. The molecule has 2 atom stereocenters. The number of fused-ring (bicyclic) bond motifs is 1. The number of nitrogens with one attached hydrogen (secondary N) is 1. The minimum absolute atomic E-state index is 0.00777. The van der Waals surface area contributed by atoms with Crippen LogP contribution < -0.4 is 5.32 Å². The molecule has 1 aliphatic heterocycles. The maximum absolute atomic E-state index is 14.7. The first-order valence-electron chi connectivity index (χ1n) is 11.5. The Kier molecular flexibility index (Phi) is 5.16. The van der Waals surface area contributed by atoms with Gasteiger partial charge in [-0.1, -0.05) is 12.8 Å². The molecule has 5 saturated carbocycles. The summed E-state index contributed by atoms with van der Waals surface area (Å²) in [4.78, 5) is 37.0. The highest BCUT2D eigenvalue weighted by molar-refractivity contribution is 7.88. The first-order chi connectivity index (χ1) is 15.0. The minimum atomic E-state index is -5.89. The second-order valence-electron chi connectivity index (χ2n) is 10.6. The van der Waals surface area contributed by atoms with E-state index in [2.05, 4.69) is 9.60 Å². The van der Waals surface area contributed by atoms with E-state index in [0.29, 0.717) is 43.4 Å². The fourth-order valence-electron chi connectivity index (χ4n) is 7.34. The van der Waals surface area contributed by atoms with Gasteiger partial charge in [-0.15, -0.1) is 9.35 Å². The number of carbonyl (C=O) groups excluding carboxylic acids is 3. The average molecular weight is 475 g/mol. The third-order valence-corrected chi connectivity index (χ3v) is 9.50. The van der Waals surface area contributed by atoms with Gasteiger partial charge in [0.1, 0.15) is 0 Å². The van der Waals surface area contributed by atoms with E-state index in [1.54, 1.807) is 0 Å². The molecule has 0 spiro atoms. The first kappa shape index (κ1) is 22.2. The molecule has 6 rings (SSSR count). The zero-order chi connectivity index (χ0) is 22.9. The van der Waals surface area contributed by atoms with Gasteiger partial charge in [-0.2, -0.15) is 17.2 Å². The molecule has 0 radical (unpaired) electrons. The summed E-state index contributed by atoms with van der Waals surface area (Å²) in [6.07, 6.45) is 8.11. The summed E-state index contributed by atoms with van der Waals surface area (Å²) in [5.41, 5.74) is -0.262. The molecule has 0 aromatic rings. The van der Waals surface area contributed by atoms with Crippen LogP contribution in [0.3, 0.4) is 0 Å². The van der Waals surface area contributed by atoms with Crippen molar-refractivity contribution in [1.82, 2.24) is 10.4 Å². The van der Waals surface area contributed by atoms with E-state index in [1.165, 1.54) is 0 Å². The quantitative estimate of drug-likeness (QED) is 0.592. The van der Waals surface area contributed by atoms with Crippen molar-refractivity contribution in [2.45, 2.75) is 69.5 Å². The zero-order valence-electron chi connectivity index (χ0n) is 17.7. The van der Waals surface area contributed by atoms with Crippen LogP contribution in [0.2, 0.25) is 0 Å². The van der Waals surface area contributed by atoms with Crippen molar-refractivity contribution in [3.63, 3.8) is 0 Å². The summed E-state index contributed by atoms with van der Waals surface area (Å²) in [6.45, 7) is -0.00777. The third kappa shape index (κ3) is 3.46. The molecule has 8 nitrogen and oxygen atoms in total. The van der Waals surface area contributed by atoms with Crippen LogP contribution in [-0.2, 0) is 28.8 Å². The molecule has 2 unspecified atom stereocenters. The van der Waals surface area contributed by atoms with Gasteiger partial charge in [0.25, 0.3) is 11.8 Å². The third-order valence-electron chi connectivity index (χ3n) is 8.34. The Hall–Kier alpha value is -1.62. The van der Waals surface area contributed by atoms with E-state index in [4.69, 9.17) is 0 Å². The van der Waals surface area contributed by atoms with Crippen LogP contribution in [0.15, 0.2) is 0 Å². The Balaban J connectivity index is 1.25. The van der Waals surface area contributed by atoms with Crippen LogP contribution in [0.25, 0.3) is 0 Å². The lowest BCUT2D eigenvalue weighted by molar-refractivity contribution is -0.168. The summed E-state index contributed by atoms with van der Waals surface area (Å²) in [5, 5.41) is -2.85. The lowest BCUT2D eigenvalue weighted by atomic mass is 9.49. The highest BCUT2D eigenvalue weighted by Gasteiger charge is 2.59. The van der Waals surface area contributed by atoms with Gasteiger partial charge in [0.2, 0.25) is 0 Å². The van der Waals surface area contributed by atoms with E-state index in [0.717, 1.165) is 38.5 Å². The van der Waals surface area contributed by atoms with Gasteiger partial charge in [-0.05, 0) is 74.5 Å². The molecule has 5 aliphatic carbocycles. The molecular weight excluding hydrogens is 446 g/mol. The fraction of sp³-hybridized carbons (Fsp3) is 0.857. The molecular formula is C21H28F2N2O6S. The molecule has 1 heterocycles. The number of hydroxylamine groups is 2. The van der Waals surface area contributed by atoms with Crippen molar-refractivity contribution in [1.29, 1.82) is 0 Å². The molecule has 0 aromatic heterocycles. The second-order valence-corrected chi connectivity index (χ2v) is 12.2. The normalized spacial score (nSPS) is 38.8. The van der Waals surface area contributed by atoms with Crippen LogP contribution in [0.4, 0.5) is 8.78 Å². The van der Waals surface area contributed by atoms with Gasteiger partial charge in [-0.3, -0.25) is 14.4 Å².